The zero-order chi connectivity index (χ0) is 17.4. The number of para-hydroxylation sites is 1. The molecule has 0 saturated heterocycles. The molecule has 1 aliphatic rings. The molecule has 26 heavy (non-hydrogen) atoms. The van der Waals surface area contributed by atoms with Gasteiger partial charge in [0.25, 0.3) is 0 Å². The Balaban J connectivity index is 0.00000196. The van der Waals surface area contributed by atoms with Crippen molar-refractivity contribution in [1.82, 2.24) is 4.98 Å². The van der Waals surface area contributed by atoms with E-state index in [9.17, 15) is 4.79 Å². The van der Waals surface area contributed by atoms with Gasteiger partial charge >= 0.3 is 0 Å². The largest absolute Gasteiger partial charge is 0.380 e. The van der Waals surface area contributed by atoms with Crippen LogP contribution in [-0.4, -0.2) is 10.8 Å². The number of aromatic nitrogens is 1. The van der Waals surface area contributed by atoms with Crippen LogP contribution >= 0.6 is 12.4 Å². The summed E-state index contributed by atoms with van der Waals surface area (Å²) in [6.07, 6.45) is 1.40. The van der Waals surface area contributed by atoms with Crippen LogP contribution in [0.1, 0.15) is 41.9 Å². The normalized spacial score (nSPS) is 15.2. The van der Waals surface area contributed by atoms with Gasteiger partial charge in [0.2, 0.25) is 0 Å². The molecule has 1 aliphatic carbocycles. The van der Waals surface area contributed by atoms with Gasteiger partial charge in [-0.2, -0.15) is 0 Å². The summed E-state index contributed by atoms with van der Waals surface area (Å²) in [5, 5.41) is 4.55. The van der Waals surface area contributed by atoms with Gasteiger partial charge in [0, 0.05) is 18.4 Å². The molecule has 4 heteroatoms. The highest BCUT2D eigenvalue weighted by Gasteiger charge is 2.34. The van der Waals surface area contributed by atoms with Crippen LogP contribution in [0.2, 0.25) is 0 Å². The molecule has 0 atom stereocenters. The monoisotopic (exact) mass is 366 g/mol. The first kappa shape index (κ1) is 18.4. The van der Waals surface area contributed by atoms with Crippen molar-refractivity contribution in [1.29, 1.82) is 0 Å². The van der Waals surface area contributed by atoms with E-state index in [1.165, 1.54) is 5.56 Å². The number of carbonyl (C=O) groups is 1. The van der Waals surface area contributed by atoms with E-state index in [1.54, 1.807) is 0 Å². The van der Waals surface area contributed by atoms with Crippen molar-refractivity contribution in [3.05, 3.63) is 71.4 Å². The van der Waals surface area contributed by atoms with Crippen LogP contribution in [0.5, 0.6) is 0 Å². The van der Waals surface area contributed by atoms with Crippen LogP contribution in [0.15, 0.2) is 54.6 Å². The maximum absolute atomic E-state index is 12.9. The smallest absolute Gasteiger partial charge is 0.167 e. The van der Waals surface area contributed by atoms with Gasteiger partial charge < -0.3 is 5.32 Å². The third-order valence-corrected chi connectivity index (χ3v) is 4.84. The van der Waals surface area contributed by atoms with Gasteiger partial charge in [0.15, 0.2) is 5.78 Å². The minimum Gasteiger partial charge on any atom is -0.380 e. The SMILES string of the molecule is CC1(C)CC(=O)c2c(nc3ccccc3c2NCc2ccccc2)C1.Cl. The number of hydrogen-bond acceptors (Lipinski definition) is 3. The van der Waals surface area contributed by atoms with E-state index in [4.69, 9.17) is 4.98 Å². The first-order chi connectivity index (χ1) is 12.0. The minimum atomic E-state index is -0.0315. The third-order valence-electron chi connectivity index (χ3n) is 4.84. The number of rotatable bonds is 3. The molecule has 2 aromatic carbocycles. The Morgan fingerprint density at radius 3 is 2.46 bits per heavy atom. The fourth-order valence-electron chi connectivity index (χ4n) is 3.70. The Bertz CT molecular complexity index is 951. The Labute approximate surface area is 160 Å². The predicted molar refractivity (Wildman–Crippen MR) is 109 cm³/mol. The molecule has 0 aliphatic heterocycles. The van der Waals surface area contributed by atoms with Crippen LogP contribution < -0.4 is 5.32 Å². The number of pyridine rings is 1. The predicted octanol–water partition coefficient (Wildman–Crippen LogP) is 5.42. The van der Waals surface area contributed by atoms with E-state index in [0.29, 0.717) is 13.0 Å². The second-order valence-electron chi connectivity index (χ2n) is 7.61. The van der Waals surface area contributed by atoms with E-state index >= 15 is 0 Å². The van der Waals surface area contributed by atoms with Gasteiger partial charge in [0.1, 0.15) is 0 Å². The average molecular weight is 367 g/mol. The average Bonchev–Trinajstić information content (AvgIpc) is 2.58. The first-order valence-corrected chi connectivity index (χ1v) is 8.76. The molecule has 3 aromatic rings. The van der Waals surface area contributed by atoms with Gasteiger partial charge in [-0.3, -0.25) is 9.78 Å². The van der Waals surface area contributed by atoms with Crippen molar-refractivity contribution in [3.8, 4) is 0 Å². The molecule has 0 fully saturated rings. The van der Waals surface area contributed by atoms with E-state index in [-0.39, 0.29) is 23.6 Å². The molecule has 4 rings (SSSR count). The van der Waals surface area contributed by atoms with E-state index < -0.39 is 0 Å². The van der Waals surface area contributed by atoms with Gasteiger partial charge in [-0.1, -0.05) is 62.4 Å². The van der Waals surface area contributed by atoms with E-state index in [0.717, 1.165) is 34.3 Å². The number of hydrogen-bond donors (Lipinski definition) is 1. The van der Waals surface area contributed by atoms with Crippen molar-refractivity contribution in [2.45, 2.75) is 33.2 Å². The second kappa shape index (κ2) is 7.08. The number of nitrogens with one attached hydrogen (secondary N) is 1. The summed E-state index contributed by atoms with van der Waals surface area (Å²) in [5.74, 6) is 0.195. The molecule has 0 saturated carbocycles. The lowest BCUT2D eigenvalue weighted by atomic mass is 9.75. The molecular formula is C22H23ClN2O. The fraction of sp³-hybridized carbons (Fsp3) is 0.273. The van der Waals surface area contributed by atoms with Crippen LogP contribution in [0.4, 0.5) is 5.69 Å². The van der Waals surface area contributed by atoms with E-state index in [2.05, 4.69) is 31.3 Å². The summed E-state index contributed by atoms with van der Waals surface area (Å²) in [6.45, 7) is 4.97. The number of fused-ring (bicyclic) bond motifs is 2. The number of anilines is 1. The Hall–Kier alpha value is -2.39. The molecular weight excluding hydrogens is 344 g/mol. The van der Waals surface area contributed by atoms with Crippen molar-refractivity contribution < 1.29 is 4.79 Å². The molecule has 0 unspecified atom stereocenters. The Morgan fingerprint density at radius 2 is 1.69 bits per heavy atom. The molecule has 0 amide bonds. The first-order valence-electron chi connectivity index (χ1n) is 8.76. The Morgan fingerprint density at radius 1 is 1.00 bits per heavy atom. The summed E-state index contributed by atoms with van der Waals surface area (Å²) < 4.78 is 0. The summed E-state index contributed by atoms with van der Waals surface area (Å²) in [6, 6.07) is 18.3. The van der Waals surface area contributed by atoms with Gasteiger partial charge in [-0.25, -0.2) is 0 Å². The van der Waals surface area contributed by atoms with Crippen LogP contribution in [0.25, 0.3) is 10.9 Å². The molecule has 3 nitrogen and oxygen atoms in total. The van der Waals surface area contributed by atoms with Crippen molar-refractivity contribution >= 4 is 34.8 Å². The van der Waals surface area contributed by atoms with Gasteiger partial charge in [-0.15, -0.1) is 12.4 Å². The van der Waals surface area contributed by atoms with Crippen molar-refractivity contribution in [2.75, 3.05) is 5.32 Å². The number of carbonyl (C=O) groups excluding carboxylic acids is 1. The summed E-state index contributed by atoms with van der Waals surface area (Å²) in [7, 11) is 0. The minimum absolute atomic E-state index is 0. The standard InChI is InChI=1S/C22H22N2O.ClH/c1-22(2)12-18-20(19(25)13-22)21(16-10-6-7-11-17(16)24-18)23-14-15-8-4-3-5-9-15;/h3-11H,12-14H2,1-2H3,(H,23,24);1H. The molecule has 0 bridgehead atoms. The number of Topliss-reactive ketones (excluding diaryl/α,β-unsaturated/α-hetero) is 1. The zero-order valence-electron chi connectivity index (χ0n) is 15.1. The Kier molecular flexibility index (Phi) is 5.01. The molecule has 1 aromatic heterocycles. The zero-order valence-corrected chi connectivity index (χ0v) is 15.9. The topological polar surface area (TPSA) is 42.0 Å². The number of halogens is 1. The highest BCUT2D eigenvalue weighted by molar-refractivity contribution is 6.10. The maximum atomic E-state index is 12.9. The third kappa shape index (κ3) is 3.45. The van der Waals surface area contributed by atoms with E-state index in [1.807, 2.05) is 42.5 Å². The maximum Gasteiger partial charge on any atom is 0.167 e. The molecule has 0 radical (unpaired) electrons. The lowest BCUT2D eigenvalue weighted by Crippen LogP contribution is -2.29. The number of nitrogens with zero attached hydrogens (tertiary/aromatic N) is 1. The second-order valence-corrected chi connectivity index (χ2v) is 7.61. The molecule has 1 N–H and O–H groups in total. The summed E-state index contributed by atoms with van der Waals surface area (Å²) in [5.41, 5.74) is 4.76. The summed E-state index contributed by atoms with van der Waals surface area (Å²) in [4.78, 5) is 17.7. The highest BCUT2D eigenvalue weighted by Crippen LogP contribution is 2.39. The lowest BCUT2D eigenvalue weighted by Gasteiger charge is -2.31. The van der Waals surface area contributed by atoms with Crippen LogP contribution in [0.3, 0.4) is 0 Å². The van der Waals surface area contributed by atoms with Crippen molar-refractivity contribution in [3.63, 3.8) is 0 Å². The van der Waals surface area contributed by atoms with Crippen LogP contribution in [-0.2, 0) is 13.0 Å². The van der Waals surface area contributed by atoms with Gasteiger partial charge in [-0.05, 0) is 23.5 Å². The van der Waals surface area contributed by atoms with Gasteiger partial charge in [0.05, 0.1) is 22.5 Å². The van der Waals surface area contributed by atoms with Crippen molar-refractivity contribution in [2.24, 2.45) is 5.41 Å². The fourth-order valence-corrected chi connectivity index (χ4v) is 3.70. The quantitative estimate of drug-likeness (QED) is 0.672. The molecule has 0 spiro atoms. The number of ketones is 1. The van der Waals surface area contributed by atoms with Crippen LogP contribution in [0, 0.1) is 5.41 Å². The number of benzene rings is 2. The molecule has 1 heterocycles. The summed E-state index contributed by atoms with van der Waals surface area (Å²) >= 11 is 0. The lowest BCUT2D eigenvalue weighted by molar-refractivity contribution is 0.0911. The molecule has 134 valence electrons. The highest BCUT2D eigenvalue weighted by atomic mass is 35.5.